The highest BCUT2D eigenvalue weighted by Crippen LogP contribution is 2.33. The summed E-state index contributed by atoms with van der Waals surface area (Å²) in [6.45, 7) is 4.91. The number of likely N-dealkylation sites (tertiary alicyclic amines) is 1. The second-order valence-corrected chi connectivity index (χ2v) is 7.14. The quantitative estimate of drug-likeness (QED) is 0.807. The smallest absolute Gasteiger partial charge is 0.331 e. The number of ether oxygens (including phenoxy) is 1. The van der Waals surface area contributed by atoms with E-state index < -0.39 is 5.54 Å². The minimum atomic E-state index is -0.667. The van der Waals surface area contributed by atoms with Crippen LogP contribution >= 0.6 is 0 Å². The summed E-state index contributed by atoms with van der Waals surface area (Å²) in [5.74, 6) is -0.0174. The molecule has 4 nitrogen and oxygen atoms in total. The average molecular weight is 352 g/mol. The predicted octanol–water partition coefficient (Wildman–Crippen LogP) is 3.59. The maximum absolute atomic E-state index is 12.7. The molecule has 1 fully saturated rings. The number of carbonyl (C=O) groups is 1. The molecule has 0 saturated carbocycles. The molecule has 0 bridgehead atoms. The Morgan fingerprint density at radius 2 is 1.81 bits per heavy atom. The van der Waals surface area contributed by atoms with Gasteiger partial charge >= 0.3 is 5.97 Å². The summed E-state index contributed by atoms with van der Waals surface area (Å²) < 4.78 is 5.18. The molecule has 26 heavy (non-hydrogen) atoms. The van der Waals surface area contributed by atoms with Crippen LogP contribution in [0.4, 0.5) is 5.69 Å². The number of anilines is 1. The van der Waals surface area contributed by atoms with E-state index in [4.69, 9.17) is 4.74 Å². The molecule has 2 atom stereocenters. The largest absolute Gasteiger partial charge is 0.467 e. The molecule has 0 spiro atoms. The van der Waals surface area contributed by atoms with E-state index in [0.717, 1.165) is 38.2 Å². The molecular formula is C22H28N2O2. The van der Waals surface area contributed by atoms with E-state index in [2.05, 4.69) is 41.4 Å². The molecule has 1 N–H and O–H groups in total. The molecule has 0 aromatic heterocycles. The molecule has 1 aliphatic rings. The minimum Gasteiger partial charge on any atom is -0.467 e. The number of nitrogens with one attached hydrogen (secondary N) is 1. The standard InChI is InChI=1S/C22H28N2O2/c1-18-17-24(15-13-19-9-5-3-6-10-19)16-14-22(18,21(25)26-2)23-20-11-7-4-8-12-20/h3-12,18,23H,13-17H2,1-2H3/t18-,22-/m0/s1. The highest BCUT2D eigenvalue weighted by atomic mass is 16.5. The fourth-order valence-corrected chi connectivity index (χ4v) is 3.85. The van der Waals surface area contributed by atoms with Crippen LogP contribution in [0.15, 0.2) is 60.7 Å². The number of nitrogens with zero attached hydrogens (tertiary/aromatic N) is 1. The van der Waals surface area contributed by atoms with E-state index in [-0.39, 0.29) is 11.9 Å². The van der Waals surface area contributed by atoms with Crippen molar-refractivity contribution in [1.29, 1.82) is 0 Å². The van der Waals surface area contributed by atoms with Gasteiger partial charge in [0.1, 0.15) is 5.54 Å². The van der Waals surface area contributed by atoms with Crippen molar-refractivity contribution in [3.8, 4) is 0 Å². The number of benzene rings is 2. The van der Waals surface area contributed by atoms with Crippen molar-refractivity contribution in [3.63, 3.8) is 0 Å². The summed E-state index contributed by atoms with van der Waals surface area (Å²) in [6.07, 6.45) is 1.77. The van der Waals surface area contributed by atoms with Crippen LogP contribution in [0, 0.1) is 5.92 Å². The second-order valence-electron chi connectivity index (χ2n) is 7.14. The Morgan fingerprint density at radius 3 is 2.42 bits per heavy atom. The first-order valence-corrected chi connectivity index (χ1v) is 9.32. The monoisotopic (exact) mass is 352 g/mol. The van der Waals surface area contributed by atoms with Crippen molar-refractivity contribution in [2.75, 3.05) is 32.1 Å². The van der Waals surface area contributed by atoms with Crippen molar-refractivity contribution < 1.29 is 9.53 Å². The lowest BCUT2D eigenvalue weighted by atomic mass is 9.78. The molecule has 2 aromatic rings. The normalized spacial score (nSPS) is 23.4. The third-order valence-electron chi connectivity index (χ3n) is 5.45. The van der Waals surface area contributed by atoms with Crippen molar-refractivity contribution >= 4 is 11.7 Å². The van der Waals surface area contributed by atoms with Gasteiger partial charge in [0, 0.05) is 31.2 Å². The van der Waals surface area contributed by atoms with Crippen molar-refractivity contribution in [2.24, 2.45) is 5.92 Å². The molecule has 0 amide bonds. The van der Waals surface area contributed by atoms with Crippen molar-refractivity contribution in [2.45, 2.75) is 25.3 Å². The molecule has 0 aliphatic carbocycles. The molecule has 1 heterocycles. The van der Waals surface area contributed by atoms with Gasteiger partial charge in [-0.1, -0.05) is 55.5 Å². The third kappa shape index (κ3) is 4.07. The summed E-state index contributed by atoms with van der Waals surface area (Å²) in [4.78, 5) is 15.1. The maximum Gasteiger partial charge on any atom is 0.331 e. The van der Waals surface area contributed by atoms with Gasteiger partial charge in [0.25, 0.3) is 0 Å². The van der Waals surface area contributed by atoms with Crippen LogP contribution in [-0.4, -0.2) is 43.2 Å². The summed E-state index contributed by atoms with van der Waals surface area (Å²) in [6, 6.07) is 20.5. The zero-order valence-electron chi connectivity index (χ0n) is 15.7. The van der Waals surface area contributed by atoms with Gasteiger partial charge in [-0.2, -0.15) is 0 Å². The third-order valence-corrected chi connectivity index (χ3v) is 5.45. The number of carbonyl (C=O) groups excluding carboxylic acids is 1. The van der Waals surface area contributed by atoms with Gasteiger partial charge in [0.2, 0.25) is 0 Å². The minimum absolute atomic E-state index is 0.152. The van der Waals surface area contributed by atoms with Gasteiger partial charge < -0.3 is 15.0 Å². The molecule has 0 radical (unpaired) electrons. The SMILES string of the molecule is COC(=O)[C@]1(Nc2ccccc2)CCN(CCc2ccccc2)C[C@@H]1C. The van der Waals surface area contributed by atoms with Crippen LogP contribution in [0.3, 0.4) is 0 Å². The van der Waals surface area contributed by atoms with E-state index in [1.165, 1.54) is 12.7 Å². The zero-order chi connectivity index (χ0) is 18.4. The maximum atomic E-state index is 12.7. The number of esters is 1. The molecule has 138 valence electrons. The molecule has 1 aliphatic heterocycles. The van der Waals surface area contributed by atoms with Gasteiger partial charge in [0.15, 0.2) is 0 Å². The average Bonchev–Trinajstić information content (AvgIpc) is 2.69. The van der Waals surface area contributed by atoms with E-state index >= 15 is 0 Å². The molecule has 0 unspecified atom stereocenters. The summed E-state index contributed by atoms with van der Waals surface area (Å²) in [7, 11) is 1.48. The lowest BCUT2D eigenvalue weighted by molar-refractivity contribution is -0.150. The zero-order valence-corrected chi connectivity index (χ0v) is 15.7. The van der Waals surface area contributed by atoms with Gasteiger partial charge in [0.05, 0.1) is 7.11 Å². The highest BCUT2D eigenvalue weighted by molar-refractivity contribution is 5.85. The van der Waals surface area contributed by atoms with E-state index in [1.54, 1.807) is 0 Å². The second kappa shape index (κ2) is 8.37. The first kappa shape index (κ1) is 18.5. The summed E-state index contributed by atoms with van der Waals surface area (Å²) >= 11 is 0. The topological polar surface area (TPSA) is 41.6 Å². The Balaban J connectivity index is 1.67. The molecular weight excluding hydrogens is 324 g/mol. The summed E-state index contributed by atoms with van der Waals surface area (Å²) in [5, 5.41) is 3.49. The van der Waals surface area contributed by atoms with Crippen LogP contribution in [0.2, 0.25) is 0 Å². The van der Waals surface area contributed by atoms with Crippen LogP contribution in [0.5, 0.6) is 0 Å². The van der Waals surface area contributed by atoms with E-state index in [1.807, 2.05) is 36.4 Å². The first-order valence-electron chi connectivity index (χ1n) is 9.32. The molecule has 1 saturated heterocycles. The molecule has 4 heteroatoms. The van der Waals surface area contributed by atoms with E-state index in [0.29, 0.717) is 0 Å². The van der Waals surface area contributed by atoms with Gasteiger partial charge in [-0.3, -0.25) is 0 Å². The lowest BCUT2D eigenvalue weighted by Crippen LogP contribution is -2.60. The number of rotatable bonds is 6. The fraction of sp³-hybridized carbons (Fsp3) is 0.409. The Bertz CT molecular complexity index is 705. The fourth-order valence-electron chi connectivity index (χ4n) is 3.85. The lowest BCUT2D eigenvalue weighted by Gasteiger charge is -2.45. The van der Waals surface area contributed by atoms with Crippen molar-refractivity contribution in [3.05, 3.63) is 66.2 Å². The van der Waals surface area contributed by atoms with Crippen LogP contribution in [0.25, 0.3) is 0 Å². The predicted molar refractivity (Wildman–Crippen MR) is 105 cm³/mol. The number of hydrogen-bond donors (Lipinski definition) is 1. The number of methoxy groups -OCH3 is 1. The molecule has 3 rings (SSSR count). The Morgan fingerprint density at radius 1 is 1.15 bits per heavy atom. The van der Waals surface area contributed by atoms with Gasteiger partial charge in [-0.15, -0.1) is 0 Å². The Kier molecular flexibility index (Phi) is 5.94. The first-order chi connectivity index (χ1) is 12.6. The Hall–Kier alpha value is -2.33. The number of piperidine rings is 1. The van der Waals surface area contributed by atoms with Crippen LogP contribution in [0.1, 0.15) is 18.9 Å². The molecule has 2 aromatic carbocycles. The van der Waals surface area contributed by atoms with Gasteiger partial charge in [-0.05, 0) is 30.5 Å². The van der Waals surface area contributed by atoms with E-state index in [9.17, 15) is 4.79 Å². The number of hydrogen-bond acceptors (Lipinski definition) is 4. The highest BCUT2D eigenvalue weighted by Gasteiger charge is 2.47. The van der Waals surface area contributed by atoms with Crippen molar-refractivity contribution in [1.82, 2.24) is 4.90 Å². The summed E-state index contributed by atoms with van der Waals surface area (Å²) in [5.41, 5.74) is 1.65. The van der Waals surface area contributed by atoms with Crippen LogP contribution < -0.4 is 5.32 Å². The van der Waals surface area contributed by atoms with Crippen LogP contribution in [-0.2, 0) is 16.0 Å². The van der Waals surface area contributed by atoms with Gasteiger partial charge in [-0.25, -0.2) is 4.79 Å². The number of para-hydroxylation sites is 1. The Labute approximate surface area is 156 Å².